The maximum absolute atomic E-state index is 4.49. The Labute approximate surface area is 136 Å². The lowest BCUT2D eigenvalue weighted by molar-refractivity contribution is 1.10. The normalized spacial score (nSPS) is 11.3. The van der Waals surface area contributed by atoms with Crippen LogP contribution in [0.25, 0.3) is 44.6 Å². The van der Waals surface area contributed by atoms with Crippen LogP contribution in [0.1, 0.15) is 0 Å². The predicted molar refractivity (Wildman–Crippen MR) is 92.2 cm³/mol. The first-order valence-electron chi connectivity index (χ1n) is 7.57. The molecule has 5 heterocycles. The lowest BCUT2D eigenvalue weighted by Crippen LogP contribution is -1.83. The molecule has 0 radical (unpaired) electrons. The summed E-state index contributed by atoms with van der Waals surface area (Å²) >= 11 is 0. The highest BCUT2D eigenvalue weighted by atomic mass is 15.2. The van der Waals surface area contributed by atoms with Gasteiger partial charge in [-0.1, -0.05) is 0 Å². The Kier molecular flexibility index (Phi) is 2.69. The Morgan fingerprint density at radius 3 is 2.67 bits per heavy atom. The number of rotatable bonds is 2. The summed E-state index contributed by atoms with van der Waals surface area (Å²) < 4.78 is 0. The minimum atomic E-state index is 0.759. The van der Waals surface area contributed by atoms with Gasteiger partial charge in [0.2, 0.25) is 0 Å². The summed E-state index contributed by atoms with van der Waals surface area (Å²) in [4.78, 5) is 16.3. The Morgan fingerprint density at radius 1 is 0.875 bits per heavy atom. The van der Waals surface area contributed by atoms with Gasteiger partial charge in [0.05, 0.1) is 16.7 Å². The summed E-state index contributed by atoms with van der Waals surface area (Å²) in [5.74, 6) is 0. The van der Waals surface area contributed by atoms with E-state index in [-0.39, 0.29) is 0 Å². The molecule has 0 spiro atoms. The molecule has 24 heavy (non-hydrogen) atoms. The molecular formula is C18H12N6. The van der Waals surface area contributed by atoms with Crippen LogP contribution in [0.2, 0.25) is 0 Å². The quantitative estimate of drug-likeness (QED) is 0.522. The maximum atomic E-state index is 4.49. The first kappa shape index (κ1) is 13.0. The minimum absolute atomic E-state index is 0.759. The second kappa shape index (κ2) is 4.99. The number of H-pyrrole nitrogens is 2. The SMILES string of the molecule is c1cnc2cc(-c3n[nH]c4ncc(-c5ccncc5)cc34)[nH]c2c1. The molecule has 5 rings (SSSR count). The van der Waals surface area contributed by atoms with E-state index in [9.17, 15) is 0 Å². The first-order chi connectivity index (χ1) is 11.9. The van der Waals surface area contributed by atoms with E-state index in [1.54, 1.807) is 18.6 Å². The van der Waals surface area contributed by atoms with Crippen molar-refractivity contribution in [3.8, 4) is 22.5 Å². The van der Waals surface area contributed by atoms with Crippen molar-refractivity contribution in [3.05, 3.63) is 61.2 Å². The van der Waals surface area contributed by atoms with Crippen LogP contribution in [-0.2, 0) is 0 Å². The molecule has 0 saturated heterocycles. The van der Waals surface area contributed by atoms with Crippen LogP contribution in [0.3, 0.4) is 0 Å². The number of aromatic amines is 2. The summed E-state index contributed by atoms with van der Waals surface area (Å²) in [5, 5.41) is 8.40. The van der Waals surface area contributed by atoms with Crippen LogP contribution >= 0.6 is 0 Å². The van der Waals surface area contributed by atoms with E-state index in [1.165, 1.54) is 0 Å². The summed E-state index contributed by atoms with van der Waals surface area (Å²) in [7, 11) is 0. The number of hydrogen-bond donors (Lipinski definition) is 2. The summed E-state index contributed by atoms with van der Waals surface area (Å²) in [6.45, 7) is 0. The number of nitrogens with one attached hydrogen (secondary N) is 2. The van der Waals surface area contributed by atoms with Gasteiger partial charge in [-0.05, 0) is 42.0 Å². The van der Waals surface area contributed by atoms with E-state index in [4.69, 9.17) is 0 Å². The van der Waals surface area contributed by atoms with Crippen molar-refractivity contribution in [2.75, 3.05) is 0 Å². The molecule has 0 aliphatic heterocycles. The van der Waals surface area contributed by atoms with Gasteiger partial charge in [0.1, 0.15) is 5.69 Å². The van der Waals surface area contributed by atoms with Gasteiger partial charge in [0, 0.05) is 35.7 Å². The summed E-state index contributed by atoms with van der Waals surface area (Å²) in [6, 6.07) is 11.9. The zero-order valence-corrected chi connectivity index (χ0v) is 12.6. The molecule has 0 fully saturated rings. The summed E-state index contributed by atoms with van der Waals surface area (Å²) in [6.07, 6.45) is 7.18. The molecule has 0 aliphatic rings. The van der Waals surface area contributed by atoms with Crippen molar-refractivity contribution in [2.24, 2.45) is 0 Å². The van der Waals surface area contributed by atoms with Gasteiger partial charge >= 0.3 is 0 Å². The third kappa shape index (κ3) is 1.97. The van der Waals surface area contributed by atoms with E-state index in [1.807, 2.05) is 36.5 Å². The predicted octanol–water partition coefficient (Wildman–Crippen LogP) is 3.56. The highest BCUT2D eigenvalue weighted by molar-refractivity contribution is 5.95. The zero-order chi connectivity index (χ0) is 15.9. The molecule has 114 valence electrons. The van der Waals surface area contributed by atoms with Crippen LogP contribution in [0.5, 0.6) is 0 Å². The molecule has 0 aromatic carbocycles. The molecule has 2 N–H and O–H groups in total. The molecule has 6 heteroatoms. The van der Waals surface area contributed by atoms with Gasteiger partial charge in [0.25, 0.3) is 0 Å². The topological polar surface area (TPSA) is 83.1 Å². The lowest BCUT2D eigenvalue weighted by atomic mass is 10.1. The highest BCUT2D eigenvalue weighted by Gasteiger charge is 2.13. The fourth-order valence-corrected chi connectivity index (χ4v) is 2.89. The molecule has 0 atom stereocenters. The minimum Gasteiger partial charge on any atom is -0.352 e. The van der Waals surface area contributed by atoms with E-state index < -0.39 is 0 Å². The van der Waals surface area contributed by atoms with Crippen LogP contribution in [0.15, 0.2) is 61.2 Å². The monoisotopic (exact) mass is 312 g/mol. The second-order valence-corrected chi connectivity index (χ2v) is 5.55. The van der Waals surface area contributed by atoms with Crippen LogP contribution in [0.4, 0.5) is 0 Å². The van der Waals surface area contributed by atoms with Crippen molar-refractivity contribution in [2.45, 2.75) is 0 Å². The van der Waals surface area contributed by atoms with Crippen molar-refractivity contribution in [1.82, 2.24) is 30.1 Å². The van der Waals surface area contributed by atoms with Gasteiger partial charge in [-0.25, -0.2) is 4.98 Å². The van der Waals surface area contributed by atoms with E-state index >= 15 is 0 Å². The number of aromatic nitrogens is 6. The van der Waals surface area contributed by atoms with Crippen LogP contribution in [0, 0.1) is 0 Å². The second-order valence-electron chi connectivity index (χ2n) is 5.55. The third-order valence-corrected chi connectivity index (χ3v) is 4.07. The molecule has 5 aromatic rings. The Morgan fingerprint density at radius 2 is 1.79 bits per heavy atom. The average Bonchev–Trinajstić information content (AvgIpc) is 3.25. The largest absolute Gasteiger partial charge is 0.352 e. The Balaban J connectivity index is 1.71. The molecule has 5 aromatic heterocycles. The van der Waals surface area contributed by atoms with Crippen molar-refractivity contribution in [3.63, 3.8) is 0 Å². The van der Waals surface area contributed by atoms with E-state index in [0.29, 0.717) is 0 Å². The number of nitrogens with zero attached hydrogens (tertiary/aromatic N) is 4. The highest BCUT2D eigenvalue weighted by Crippen LogP contribution is 2.29. The molecule has 0 bridgehead atoms. The number of hydrogen-bond acceptors (Lipinski definition) is 4. The van der Waals surface area contributed by atoms with Crippen molar-refractivity contribution >= 4 is 22.1 Å². The van der Waals surface area contributed by atoms with Crippen LogP contribution in [-0.4, -0.2) is 30.1 Å². The number of fused-ring (bicyclic) bond motifs is 2. The van der Waals surface area contributed by atoms with E-state index in [0.717, 1.165) is 44.6 Å². The van der Waals surface area contributed by atoms with Gasteiger partial charge in [0.15, 0.2) is 5.65 Å². The van der Waals surface area contributed by atoms with E-state index in [2.05, 4.69) is 36.2 Å². The smallest absolute Gasteiger partial charge is 0.155 e. The maximum Gasteiger partial charge on any atom is 0.155 e. The molecule has 0 aliphatic carbocycles. The number of pyridine rings is 3. The zero-order valence-electron chi connectivity index (χ0n) is 12.6. The fraction of sp³-hybridized carbons (Fsp3) is 0. The van der Waals surface area contributed by atoms with Gasteiger partial charge in [-0.3, -0.25) is 15.1 Å². The van der Waals surface area contributed by atoms with Gasteiger partial charge in [-0.2, -0.15) is 5.10 Å². The average molecular weight is 312 g/mol. The van der Waals surface area contributed by atoms with Crippen LogP contribution < -0.4 is 0 Å². The first-order valence-corrected chi connectivity index (χ1v) is 7.57. The van der Waals surface area contributed by atoms with Crippen molar-refractivity contribution < 1.29 is 0 Å². The molecule has 6 nitrogen and oxygen atoms in total. The van der Waals surface area contributed by atoms with Gasteiger partial charge < -0.3 is 4.98 Å². The Bertz CT molecular complexity index is 1120. The van der Waals surface area contributed by atoms with Crippen molar-refractivity contribution in [1.29, 1.82) is 0 Å². The van der Waals surface area contributed by atoms with Gasteiger partial charge in [-0.15, -0.1) is 0 Å². The molecular weight excluding hydrogens is 300 g/mol. The third-order valence-electron chi connectivity index (χ3n) is 4.07. The molecule has 0 saturated carbocycles. The molecule has 0 unspecified atom stereocenters. The fourth-order valence-electron chi connectivity index (χ4n) is 2.89. The summed E-state index contributed by atoms with van der Waals surface area (Å²) in [5.41, 5.74) is 6.53. The Hall–Kier alpha value is -3.54. The molecule has 0 amide bonds. The standard InChI is InChI=1S/C18H12N6/c1-2-14-15(20-5-1)9-16(22-14)17-13-8-12(10-21-18(13)24-23-17)11-3-6-19-7-4-11/h1-10,22H,(H,21,23,24). The lowest BCUT2D eigenvalue weighted by Gasteiger charge is -2.01.